The number of rotatable bonds is 8. The van der Waals surface area contributed by atoms with Crippen molar-refractivity contribution < 1.29 is 33.9 Å². The summed E-state index contributed by atoms with van der Waals surface area (Å²) in [4.78, 5) is 59.2. The lowest BCUT2D eigenvalue weighted by Gasteiger charge is -2.49. The molecule has 182 valence electrons. The number of amides is 2. The van der Waals surface area contributed by atoms with Crippen molar-refractivity contribution >= 4 is 57.9 Å². The van der Waals surface area contributed by atoms with Crippen LogP contribution in [0, 0.1) is 0 Å². The van der Waals surface area contributed by atoms with Crippen molar-refractivity contribution in [1.29, 1.82) is 0 Å². The summed E-state index contributed by atoms with van der Waals surface area (Å²) in [5.74, 6) is -2.89. The molecule has 1 aromatic carbocycles. The van der Waals surface area contributed by atoms with Crippen LogP contribution in [0.25, 0.3) is 0 Å². The topological polar surface area (TPSA) is 186 Å². The van der Waals surface area contributed by atoms with E-state index in [9.17, 15) is 24.3 Å². The van der Waals surface area contributed by atoms with E-state index in [0.29, 0.717) is 5.75 Å². The van der Waals surface area contributed by atoms with Crippen molar-refractivity contribution in [3.63, 3.8) is 0 Å². The molecule has 1 saturated heterocycles. The number of aliphatic carboxylic acids is 1. The molecule has 2 aliphatic rings. The zero-order valence-corrected chi connectivity index (χ0v) is 19.7. The average Bonchev–Trinajstić information content (AvgIpc) is 3.26. The Morgan fingerprint density at radius 2 is 2.06 bits per heavy atom. The number of hydrogen-bond donors (Lipinski definition) is 3. The van der Waals surface area contributed by atoms with Gasteiger partial charge in [-0.05, 0) is 12.1 Å². The van der Waals surface area contributed by atoms with Crippen molar-refractivity contribution in [3.8, 4) is 5.75 Å². The van der Waals surface area contributed by atoms with Gasteiger partial charge in [-0.25, -0.2) is 4.79 Å². The van der Waals surface area contributed by atoms with Crippen LogP contribution in [0.1, 0.15) is 12.7 Å². The van der Waals surface area contributed by atoms with Gasteiger partial charge in [-0.1, -0.05) is 23.4 Å². The normalized spacial score (nSPS) is 19.5. The van der Waals surface area contributed by atoms with Crippen LogP contribution < -0.4 is 15.9 Å². The SMILES string of the molecule is CC(=O)OCC1=C(C(=O)O)N2C(=O)[C@@H](NC(=O)C(=NOc3ccccc3)c3nsc(N)n3)[C@H]2SC1. The molecule has 0 unspecified atom stereocenters. The number of carboxylic acids is 1. The number of nitrogen functional groups attached to an aromatic ring is 1. The van der Waals surface area contributed by atoms with Crippen LogP contribution in [0.5, 0.6) is 5.75 Å². The fourth-order valence-corrected chi connectivity index (χ4v) is 5.05. The molecule has 0 saturated carbocycles. The molecule has 0 spiro atoms. The molecule has 0 bridgehead atoms. The molecule has 0 aliphatic carbocycles. The number of para-hydroxylation sites is 1. The van der Waals surface area contributed by atoms with E-state index in [1.807, 2.05) is 0 Å². The smallest absolute Gasteiger partial charge is 0.352 e. The van der Waals surface area contributed by atoms with Gasteiger partial charge in [0.05, 0.1) is 0 Å². The van der Waals surface area contributed by atoms with Gasteiger partial charge in [0, 0.05) is 29.8 Å². The molecule has 13 nitrogen and oxygen atoms in total. The fourth-order valence-electron chi connectivity index (χ4n) is 3.29. The summed E-state index contributed by atoms with van der Waals surface area (Å²) in [6.07, 6.45) is 0. The minimum atomic E-state index is -1.34. The number of oxime groups is 1. The number of carboxylic acid groups (broad SMARTS) is 1. The molecule has 1 aromatic heterocycles. The molecule has 1 fully saturated rings. The Kier molecular flexibility index (Phi) is 6.97. The van der Waals surface area contributed by atoms with Gasteiger partial charge in [-0.2, -0.15) is 9.36 Å². The third kappa shape index (κ3) is 5.09. The first kappa shape index (κ1) is 24.2. The highest BCUT2D eigenvalue weighted by atomic mass is 32.2. The monoisotopic (exact) mass is 518 g/mol. The van der Waals surface area contributed by atoms with Crippen LogP contribution in [0.2, 0.25) is 0 Å². The molecule has 15 heteroatoms. The number of aromatic nitrogens is 2. The predicted octanol–water partition coefficient (Wildman–Crippen LogP) is 0.205. The van der Waals surface area contributed by atoms with E-state index in [2.05, 4.69) is 19.8 Å². The van der Waals surface area contributed by atoms with Crippen LogP contribution in [0.15, 0.2) is 46.8 Å². The van der Waals surface area contributed by atoms with Gasteiger partial charge in [0.15, 0.2) is 10.9 Å². The van der Waals surface area contributed by atoms with Gasteiger partial charge in [0.2, 0.25) is 11.5 Å². The number of carbonyl (C=O) groups excluding carboxylic acids is 3. The van der Waals surface area contributed by atoms with Crippen molar-refractivity contribution in [2.45, 2.75) is 18.3 Å². The van der Waals surface area contributed by atoms with Gasteiger partial charge in [-0.3, -0.25) is 19.3 Å². The van der Waals surface area contributed by atoms with Crippen LogP contribution in [-0.2, 0) is 23.9 Å². The van der Waals surface area contributed by atoms with E-state index in [0.717, 1.165) is 16.4 Å². The van der Waals surface area contributed by atoms with Crippen molar-refractivity contribution in [2.75, 3.05) is 18.1 Å². The number of esters is 1. The van der Waals surface area contributed by atoms with Gasteiger partial charge >= 0.3 is 11.9 Å². The number of anilines is 1. The summed E-state index contributed by atoms with van der Waals surface area (Å²) in [7, 11) is 0. The lowest BCUT2D eigenvalue weighted by molar-refractivity contribution is -0.150. The Morgan fingerprint density at radius 1 is 1.31 bits per heavy atom. The molecule has 2 amide bonds. The number of β-lactam (4-membered cyclic amide) rings is 1. The maximum atomic E-state index is 13.1. The lowest BCUT2D eigenvalue weighted by Crippen LogP contribution is -2.71. The number of thioether (sulfide) groups is 1. The van der Waals surface area contributed by atoms with Gasteiger partial charge in [-0.15, -0.1) is 11.8 Å². The molecule has 0 radical (unpaired) electrons. The van der Waals surface area contributed by atoms with E-state index in [-0.39, 0.29) is 40.3 Å². The number of fused-ring (bicyclic) bond motifs is 1. The molecule has 4 rings (SSSR count). The van der Waals surface area contributed by atoms with E-state index >= 15 is 0 Å². The molecule has 4 N–H and O–H groups in total. The van der Waals surface area contributed by atoms with E-state index in [4.69, 9.17) is 15.3 Å². The highest BCUT2D eigenvalue weighted by Crippen LogP contribution is 2.40. The summed E-state index contributed by atoms with van der Waals surface area (Å²) in [6.45, 7) is 0.952. The number of nitrogens with zero attached hydrogens (tertiary/aromatic N) is 4. The maximum Gasteiger partial charge on any atom is 0.352 e. The standard InChI is InChI=1S/C20H18N6O7S2/c1-9(27)32-7-10-8-34-18-13(17(29)26(18)14(10)19(30)31)22-16(28)12(15-23-20(21)35-25-15)24-33-11-5-3-2-4-6-11/h2-6,13,18H,7-8H2,1H3,(H,22,28)(H,30,31)(H2,21,23,25)/t13-,18-/m1/s1. The zero-order chi connectivity index (χ0) is 25.1. The lowest BCUT2D eigenvalue weighted by atomic mass is 10.0. The second-order valence-electron chi connectivity index (χ2n) is 7.20. The largest absolute Gasteiger partial charge is 0.477 e. The first-order valence-electron chi connectivity index (χ1n) is 10.00. The van der Waals surface area contributed by atoms with E-state index in [1.54, 1.807) is 30.3 Å². The molecule has 2 aliphatic heterocycles. The number of benzene rings is 1. The summed E-state index contributed by atoms with van der Waals surface area (Å²) in [5.41, 5.74) is 5.35. The highest BCUT2D eigenvalue weighted by Gasteiger charge is 2.54. The number of hydrogen-bond acceptors (Lipinski definition) is 12. The molecule has 2 atom stereocenters. The fraction of sp³-hybridized carbons (Fsp3) is 0.250. The highest BCUT2D eigenvalue weighted by molar-refractivity contribution is 8.00. The van der Waals surface area contributed by atoms with Crippen LogP contribution in [0.3, 0.4) is 0 Å². The number of ether oxygens (including phenoxy) is 1. The number of carbonyl (C=O) groups is 4. The van der Waals surface area contributed by atoms with Gasteiger partial charge < -0.3 is 25.7 Å². The van der Waals surface area contributed by atoms with Crippen LogP contribution >= 0.6 is 23.3 Å². The second kappa shape index (κ2) is 10.1. The summed E-state index contributed by atoms with van der Waals surface area (Å²) in [6, 6.07) is 7.43. The third-order valence-corrected chi connectivity index (χ3v) is 6.72. The Balaban J connectivity index is 1.53. The first-order valence-corrected chi connectivity index (χ1v) is 11.8. The Hall–Kier alpha value is -3.98. The molecular weight excluding hydrogens is 500 g/mol. The van der Waals surface area contributed by atoms with Crippen molar-refractivity contribution in [1.82, 2.24) is 19.6 Å². The minimum absolute atomic E-state index is 0.0874. The maximum absolute atomic E-state index is 13.1. The van der Waals surface area contributed by atoms with E-state index in [1.165, 1.54) is 18.7 Å². The average molecular weight is 519 g/mol. The molecule has 3 heterocycles. The van der Waals surface area contributed by atoms with Gasteiger partial charge in [0.25, 0.3) is 11.8 Å². The van der Waals surface area contributed by atoms with Gasteiger partial charge in [0.1, 0.15) is 23.7 Å². The molecular formula is C20H18N6O7S2. The first-order chi connectivity index (χ1) is 16.8. The number of nitrogens with one attached hydrogen (secondary N) is 1. The second-order valence-corrected chi connectivity index (χ2v) is 9.09. The minimum Gasteiger partial charge on any atom is -0.477 e. The van der Waals surface area contributed by atoms with Crippen molar-refractivity contribution in [2.24, 2.45) is 5.16 Å². The predicted molar refractivity (Wildman–Crippen MR) is 124 cm³/mol. The zero-order valence-electron chi connectivity index (χ0n) is 18.0. The van der Waals surface area contributed by atoms with Crippen LogP contribution in [-0.4, -0.2) is 72.6 Å². The Labute approximate surface area is 206 Å². The van der Waals surface area contributed by atoms with E-state index < -0.39 is 35.2 Å². The third-order valence-electron chi connectivity index (χ3n) is 4.84. The number of nitrogens with two attached hydrogens (primary N) is 1. The van der Waals surface area contributed by atoms with Crippen LogP contribution in [0.4, 0.5) is 5.13 Å². The molecule has 35 heavy (non-hydrogen) atoms. The quantitative estimate of drug-likeness (QED) is 0.188. The Morgan fingerprint density at radius 3 is 2.69 bits per heavy atom. The Bertz CT molecular complexity index is 1250. The van der Waals surface area contributed by atoms with Crippen molar-refractivity contribution in [3.05, 3.63) is 47.4 Å². The summed E-state index contributed by atoms with van der Waals surface area (Å²) in [5, 5.41) is 15.5. The summed E-state index contributed by atoms with van der Waals surface area (Å²) < 4.78 is 8.90. The molecule has 2 aromatic rings. The summed E-state index contributed by atoms with van der Waals surface area (Å²) >= 11 is 2.08.